The highest BCUT2D eigenvalue weighted by Gasteiger charge is 2.33. The van der Waals surface area contributed by atoms with E-state index in [1.54, 1.807) is 4.90 Å². The number of amides is 1. The number of carbonyl (C=O) groups is 1. The number of benzene rings is 1. The number of hydrogen-bond acceptors (Lipinski definition) is 3. The van der Waals surface area contributed by atoms with Crippen molar-refractivity contribution < 1.29 is 14.6 Å². The highest BCUT2D eigenvalue weighted by atomic mass is 79.9. The Morgan fingerprint density at radius 2 is 1.73 bits per heavy atom. The second-order valence-electron chi connectivity index (χ2n) is 8.95. The summed E-state index contributed by atoms with van der Waals surface area (Å²) in [5.74, 6) is 0.873. The fraction of sp³-hybridized carbons (Fsp3) is 0.560. The van der Waals surface area contributed by atoms with Crippen molar-refractivity contribution in [1.82, 2.24) is 4.90 Å². The predicted molar refractivity (Wildman–Crippen MR) is 126 cm³/mol. The molecule has 0 aromatic heterocycles. The zero-order valence-corrected chi connectivity index (χ0v) is 20.6. The van der Waals surface area contributed by atoms with Crippen molar-refractivity contribution in [3.8, 4) is 0 Å². The highest BCUT2D eigenvalue weighted by molar-refractivity contribution is 9.10. The average molecular weight is 478 g/mol. The maximum atomic E-state index is 13.0. The lowest BCUT2D eigenvalue weighted by Crippen LogP contribution is -2.42. The van der Waals surface area contributed by atoms with Crippen LogP contribution in [0.5, 0.6) is 0 Å². The lowest BCUT2D eigenvalue weighted by atomic mass is 9.90. The van der Waals surface area contributed by atoms with E-state index in [2.05, 4.69) is 29.8 Å². The van der Waals surface area contributed by atoms with E-state index in [1.165, 1.54) is 0 Å². The van der Waals surface area contributed by atoms with Gasteiger partial charge in [-0.25, -0.2) is 4.79 Å². The van der Waals surface area contributed by atoms with Gasteiger partial charge in [0.05, 0.1) is 6.10 Å². The molecule has 0 spiro atoms. The molecule has 1 N–H and O–H groups in total. The summed E-state index contributed by atoms with van der Waals surface area (Å²) in [5.41, 5.74) is 1.91. The molecule has 0 heterocycles. The van der Waals surface area contributed by atoms with Gasteiger partial charge in [0.25, 0.3) is 0 Å². The molecule has 0 unspecified atom stereocenters. The van der Waals surface area contributed by atoms with E-state index in [4.69, 9.17) is 4.74 Å². The smallest absolute Gasteiger partial charge is 0.410 e. The Bertz CT molecular complexity index is 757. The first-order chi connectivity index (χ1) is 14.1. The fourth-order valence-electron chi connectivity index (χ4n) is 4.07. The van der Waals surface area contributed by atoms with Crippen molar-refractivity contribution in [2.75, 3.05) is 0 Å². The molecule has 166 valence electrons. The SMILES string of the molecule is CC(C)/C=C/C(OC(=O)N(C(C)C)C(C)C)=C1\CCC[C@H]1[C@@H](O)c1ccc(Br)cc1. The lowest BCUT2D eigenvalue weighted by molar-refractivity contribution is 0.0989. The van der Waals surface area contributed by atoms with Crippen molar-refractivity contribution in [1.29, 1.82) is 0 Å². The average Bonchev–Trinajstić information content (AvgIpc) is 3.14. The molecule has 1 aromatic carbocycles. The van der Waals surface area contributed by atoms with Crippen molar-refractivity contribution in [3.63, 3.8) is 0 Å². The van der Waals surface area contributed by atoms with Gasteiger partial charge in [-0.15, -0.1) is 0 Å². The van der Waals surface area contributed by atoms with Crippen LogP contribution in [0, 0.1) is 11.8 Å². The Kier molecular flexibility index (Phi) is 9.17. The van der Waals surface area contributed by atoms with Gasteiger partial charge in [0, 0.05) is 22.5 Å². The summed E-state index contributed by atoms with van der Waals surface area (Å²) in [6.45, 7) is 12.2. The van der Waals surface area contributed by atoms with Gasteiger partial charge in [-0.1, -0.05) is 48.0 Å². The van der Waals surface area contributed by atoms with Crippen LogP contribution in [0.2, 0.25) is 0 Å². The Hall–Kier alpha value is -1.59. The third-order valence-electron chi connectivity index (χ3n) is 5.47. The van der Waals surface area contributed by atoms with E-state index in [9.17, 15) is 9.90 Å². The molecule has 0 saturated heterocycles. The van der Waals surface area contributed by atoms with Gasteiger partial charge < -0.3 is 14.7 Å². The van der Waals surface area contributed by atoms with Crippen LogP contribution in [0.1, 0.15) is 72.5 Å². The maximum Gasteiger partial charge on any atom is 0.415 e. The topological polar surface area (TPSA) is 49.8 Å². The maximum absolute atomic E-state index is 13.0. The number of aliphatic hydroxyl groups excluding tert-OH is 1. The first-order valence-electron chi connectivity index (χ1n) is 11.0. The summed E-state index contributed by atoms with van der Waals surface area (Å²) < 4.78 is 6.95. The third-order valence-corrected chi connectivity index (χ3v) is 6.00. The number of hydrogen-bond donors (Lipinski definition) is 1. The molecule has 30 heavy (non-hydrogen) atoms. The molecule has 0 radical (unpaired) electrons. The summed E-state index contributed by atoms with van der Waals surface area (Å²) in [5, 5.41) is 11.1. The zero-order chi connectivity index (χ0) is 22.4. The van der Waals surface area contributed by atoms with Crippen molar-refractivity contribution >= 4 is 22.0 Å². The van der Waals surface area contributed by atoms with Crippen molar-refractivity contribution in [2.24, 2.45) is 11.8 Å². The van der Waals surface area contributed by atoms with Gasteiger partial charge in [-0.3, -0.25) is 0 Å². The van der Waals surface area contributed by atoms with Crippen LogP contribution >= 0.6 is 15.9 Å². The second-order valence-corrected chi connectivity index (χ2v) is 9.87. The Morgan fingerprint density at radius 1 is 1.13 bits per heavy atom. The Labute approximate surface area is 190 Å². The van der Waals surface area contributed by atoms with Crippen LogP contribution in [-0.2, 0) is 4.74 Å². The molecule has 2 rings (SSSR count). The van der Waals surface area contributed by atoms with Crippen LogP contribution in [0.4, 0.5) is 4.79 Å². The monoisotopic (exact) mass is 477 g/mol. The number of carbonyl (C=O) groups excluding carboxylic acids is 1. The normalized spacial score (nSPS) is 19.8. The molecular weight excluding hydrogens is 442 g/mol. The van der Waals surface area contributed by atoms with E-state index in [1.807, 2.05) is 64.1 Å². The number of allylic oxidation sites excluding steroid dienone is 2. The standard InChI is InChI=1S/C25H36BrNO3/c1-16(2)10-15-23(30-25(29)27(17(3)4)18(5)6)21-8-7-9-22(21)24(28)19-11-13-20(26)14-12-19/h10-18,22,24,28H,7-9H2,1-6H3/b15-10+,23-21-/t22-,24+/m1/s1. The molecule has 1 aliphatic rings. The van der Waals surface area contributed by atoms with Crippen LogP contribution in [0.15, 0.2) is 52.2 Å². The molecule has 5 heteroatoms. The van der Waals surface area contributed by atoms with E-state index in [-0.39, 0.29) is 24.1 Å². The first-order valence-corrected chi connectivity index (χ1v) is 11.8. The summed E-state index contributed by atoms with van der Waals surface area (Å²) in [6.07, 6.45) is 5.69. The molecule has 1 fully saturated rings. The minimum Gasteiger partial charge on any atom is -0.410 e. The predicted octanol–water partition coefficient (Wildman–Crippen LogP) is 7.00. The quantitative estimate of drug-likeness (QED) is 0.429. The van der Waals surface area contributed by atoms with Crippen molar-refractivity contribution in [3.05, 3.63) is 57.8 Å². The van der Waals surface area contributed by atoms with Crippen LogP contribution in [-0.4, -0.2) is 28.2 Å². The summed E-state index contributed by atoms with van der Waals surface area (Å²) in [6, 6.07) is 7.87. The fourth-order valence-corrected chi connectivity index (χ4v) is 4.33. The first kappa shape index (κ1) is 24.7. The number of halogens is 1. The lowest BCUT2D eigenvalue weighted by Gasteiger charge is -2.30. The molecule has 0 bridgehead atoms. The number of ether oxygens (including phenoxy) is 1. The molecule has 1 aromatic rings. The van der Waals surface area contributed by atoms with E-state index in [0.717, 1.165) is 34.9 Å². The molecule has 2 atom stereocenters. The molecule has 4 nitrogen and oxygen atoms in total. The molecular formula is C25H36BrNO3. The number of nitrogens with zero attached hydrogens (tertiary/aromatic N) is 1. The van der Waals surface area contributed by atoms with E-state index in [0.29, 0.717) is 11.7 Å². The second kappa shape index (κ2) is 11.1. The van der Waals surface area contributed by atoms with E-state index >= 15 is 0 Å². The van der Waals surface area contributed by atoms with Gasteiger partial charge in [0.15, 0.2) is 0 Å². The van der Waals surface area contributed by atoms with Gasteiger partial charge >= 0.3 is 6.09 Å². The minimum absolute atomic E-state index is 0.0468. The molecule has 1 saturated carbocycles. The van der Waals surface area contributed by atoms with Gasteiger partial charge in [0.2, 0.25) is 0 Å². The van der Waals surface area contributed by atoms with Gasteiger partial charge in [-0.05, 0) is 82.2 Å². The van der Waals surface area contributed by atoms with Crippen molar-refractivity contribution in [2.45, 2.75) is 79.0 Å². The zero-order valence-electron chi connectivity index (χ0n) is 19.1. The highest BCUT2D eigenvalue weighted by Crippen LogP contribution is 2.42. The molecule has 1 aliphatic carbocycles. The minimum atomic E-state index is -0.622. The summed E-state index contributed by atoms with van der Waals surface area (Å²) in [7, 11) is 0. The van der Waals surface area contributed by atoms with E-state index < -0.39 is 6.10 Å². The van der Waals surface area contributed by atoms with Crippen LogP contribution < -0.4 is 0 Å². The Balaban J connectivity index is 2.39. The Morgan fingerprint density at radius 3 is 2.27 bits per heavy atom. The van der Waals surface area contributed by atoms with Crippen LogP contribution in [0.25, 0.3) is 0 Å². The molecule has 1 amide bonds. The van der Waals surface area contributed by atoms with Gasteiger partial charge in [0.1, 0.15) is 5.76 Å². The van der Waals surface area contributed by atoms with Gasteiger partial charge in [-0.2, -0.15) is 0 Å². The number of aliphatic hydroxyl groups is 1. The summed E-state index contributed by atoms with van der Waals surface area (Å²) in [4.78, 5) is 14.7. The summed E-state index contributed by atoms with van der Waals surface area (Å²) >= 11 is 3.45. The number of rotatable bonds is 7. The molecule has 0 aliphatic heterocycles. The van der Waals surface area contributed by atoms with Crippen LogP contribution in [0.3, 0.4) is 0 Å². The third kappa shape index (κ3) is 6.45. The largest absolute Gasteiger partial charge is 0.415 e.